The van der Waals surface area contributed by atoms with Crippen LogP contribution in [0.1, 0.15) is 22.0 Å². The van der Waals surface area contributed by atoms with Crippen molar-refractivity contribution in [3.05, 3.63) is 81.2 Å². The number of hydrogen-bond donors (Lipinski definition) is 1. The Morgan fingerprint density at radius 2 is 1.83 bits per heavy atom. The molecule has 1 atom stereocenters. The number of aromatic nitrogens is 4. The molecular weight excluding hydrogens is 445 g/mol. The van der Waals surface area contributed by atoms with Crippen LogP contribution in [0, 0.1) is 5.82 Å². The van der Waals surface area contributed by atoms with Crippen molar-refractivity contribution in [2.45, 2.75) is 6.04 Å². The molecule has 1 N–H and O–H groups in total. The Balaban J connectivity index is 1.94. The van der Waals surface area contributed by atoms with E-state index in [-0.39, 0.29) is 17.2 Å². The number of benzene rings is 2. The van der Waals surface area contributed by atoms with Gasteiger partial charge in [-0.05, 0) is 52.4 Å². The highest BCUT2D eigenvalue weighted by molar-refractivity contribution is 9.10. The molecule has 1 aromatic heterocycles. The molecule has 1 aliphatic heterocycles. The maximum atomic E-state index is 13.5. The molecule has 4 rings (SSSR count). The number of rotatable bonds is 4. The lowest BCUT2D eigenvalue weighted by atomic mass is 9.89. The van der Waals surface area contributed by atoms with E-state index in [0.29, 0.717) is 11.1 Å². The zero-order valence-corrected chi connectivity index (χ0v) is 16.6. The number of allylic oxidation sites excluding steroid dienone is 1. The lowest BCUT2D eigenvalue weighted by Crippen LogP contribution is -2.32. The molecule has 29 heavy (non-hydrogen) atoms. The maximum Gasteiger partial charge on any atom is 0.355 e. The number of anilines is 1. The van der Waals surface area contributed by atoms with Gasteiger partial charge in [-0.2, -0.15) is 4.68 Å². The van der Waals surface area contributed by atoms with Gasteiger partial charge in [-0.15, -0.1) is 0 Å². The van der Waals surface area contributed by atoms with Crippen LogP contribution in [0.4, 0.5) is 10.3 Å². The number of methoxy groups -OCH3 is 1. The monoisotopic (exact) mass is 457 g/mol. The number of nitrogens with zero attached hydrogens (tertiary/aromatic N) is 4. The number of Topliss-reactive ketones (excluding diaryl/α,β-unsaturated/α-hetero) is 1. The lowest BCUT2D eigenvalue weighted by molar-refractivity contribution is -0.136. The normalized spacial score (nSPS) is 15.5. The van der Waals surface area contributed by atoms with Crippen molar-refractivity contribution in [1.29, 1.82) is 0 Å². The number of ether oxygens (including phenoxy) is 1. The van der Waals surface area contributed by atoms with Gasteiger partial charge in [-0.25, -0.2) is 9.18 Å². The van der Waals surface area contributed by atoms with E-state index in [1.165, 1.54) is 36.1 Å². The van der Waals surface area contributed by atoms with E-state index in [0.717, 1.165) is 4.47 Å². The summed E-state index contributed by atoms with van der Waals surface area (Å²) >= 11 is 3.33. The van der Waals surface area contributed by atoms with Crippen molar-refractivity contribution in [3.63, 3.8) is 0 Å². The van der Waals surface area contributed by atoms with E-state index < -0.39 is 23.6 Å². The Labute approximate surface area is 172 Å². The average Bonchev–Trinajstić information content (AvgIpc) is 3.21. The number of hydrogen-bond acceptors (Lipinski definition) is 7. The molecular formula is C19H13BrFN5O3. The van der Waals surface area contributed by atoms with Crippen molar-refractivity contribution in [2.75, 3.05) is 12.4 Å². The minimum atomic E-state index is -0.855. The van der Waals surface area contributed by atoms with Crippen LogP contribution in [-0.4, -0.2) is 39.1 Å². The van der Waals surface area contributed by atoms with Gasteiger partial charge in [0, 0.05) is 10.0 Å². The molecule has 1 aliphatic rings. The largest absolute Gasteiger partial charge is 0.464 e. The van der Waals surface area contributed by atoms with Gasteiger partial charge in [0.1, 0.15) is 17.6 Å². The number of halogens is 2. The zero-order chi connectivity index (χ0) is 20.5. The van der Waals surface area contributed by atoms with E-state index >= 15 is 0 Å². The van der Waals surface area contributed by atoms with Gasteiger partial charge < -0.3 is 10.1 Å². The minimum Gasteiger partial charge on any atom is -0.464 e. The second-order valence-electron chi connectivity index (χ2n) is 6.14. The van der Waals surface area contributed by atoms with E-state index in [9.17, 15) is 14.0 Å². The second-order valence-corrected chi connectivity index (χ2v) is 7.06. The molecule has 0 fully saturated rings. The van der Waals surface area contributed by atoms with Crippen LogP contribution < -0.4 is 5.32 Å². The highest BCUT2D eigenvalue weighted by Crippen LogP contribution is 2.36. The molecule has 0 radical (unpaired) electrons. The summed E-state index contributed by atoms with van der Waals surface area (Å²) in [6.45, 7) is 0. The van der Waals surface area contributed by atoms with Gasteiger partial charge in [-0.3, -0.25) is 4.79 Å². The topological polar surface area (TPSA) is 99.0 Å². The predicted octanol–water partition coefficient (Wildman–Crippen LogP) is 2.90. The van der Waals surface area contributed by atoms with Crippen LogP contribution in [-0.2, 0) is 9.53 Å². The fourth-order valence-corrected chi connectivity index (χ4v) is 3.36. The van der Waals surface area contributed by atoms with Crippen molar-refractivity contribution in [2.24, 2.45) is 0 Å². The van der Waals surface area contributed by atoms with Gasteiger partial charge in [0.25, 0.3) is 0 Å². The third-order valence-electron chi connectivity index (χ3n) is 4.44. The molecule has 0 amide bonds. The quantitative estimate of drug-likeness (QED) is 0.474. The van der Waals surface area contributed by atoms with Crippen LogP contribution in [0.5, 0.6) is 0 Å². The Kier molecular flexibility index (Phi) is 4.93. The summed E-state index contributed by atoms with van der Waals surface area (Å²) in [5.74, 6) is -1.43. The lowest BCUT2D eigenvalue weighted by Gasteiger charge is -2.28. The summed E-state index contributed by atoms with van der Waals surface area (Å²) in [4.78, 5) is 25.9. The summed E-state index contributed by atoms with van der Waals surface area (Å²) in [5.41, 5.74) is 0.904. The van der Waals surface area contributed by atoms with Gasteiger partial charge in [0.15, 0.2) is 5.78 Å². The fraction of sp³-hybridized carbons (Fsp3) is 0.105. The summed E-state index contributed by atoms with van der Waals surface area (Å²) in [6.07, 6.45) is 0. The number of esters is 1. The Hall–Kier alpha value is -3.40. The molecule has 8 nitrogen and oxygen atoms in total. The number of nitrogens with one attached hydrogen (secondary N) is 1. The Morgan fingerprint density at radius 3 is 2.48 bits per heavy atom. The number of carbonyl (C=O) groups excluding carboxylic acids is 2. The Morgan fingerprint density at radius 1 is 1.14 bits per heavy atom. The van der Waals surface area contributed by atoms with Gasteiger partial charge in [-0.1, -0.05) is 33.2 Å². The summed E-state index contributed by atoms with van der Waals surface area (Å²) < 4.78 is 20.5. The van der Waals surface area contributed by atoms with E-state index in [1.807, 2.05) is 0 Å². The molecule has 146 valence electrons. The molecule has 0 bridgehead atoms. The van der Waals surface area contributed by atoms with E-state index in [1.54, 1.807) is 24.3 Å². The standard InChI is InChI=1S/C19H13BrFN5O3/c1-29-18(28)15-14(17(27)11-2-6-12(20)7-3-11)16(10-4-8-13(21)9-5-10)26-19(22-15)23-24-25-26/h2-9,16H,1H3,(H,22,23,25)/t16-/m1/s1. The molecule has 0 unspecified atom stereocenters. The maximum absolute atomic E-state index is 13.5. The van der Waals surface area contributed by atoms with Crippen LogP contribution >= 0.6 is 15.9 Å². The highest BCUT2D eigenvalue weighted by Gasteiger charge is 2.38. The smallest absolute Gasteiger partial charge is 0.355 e. The molecule has 2 heterocycles. The average molecular weight is 458 g/mol. The first kappa shape index (κ1) is 18.9. The van der Waals surface area contributed by atoms with E-state index in [2.05, 4.69) is 36.8 Å². The van der Waals surface area contributed by atoms with Crippen molar-refractivity contribution in [1.82, 2.24) is 20.2 Å². The predicted molar refractivity (Wildman–Crippen MR) is 103 cm³/mol. The third kappa shape index (κ3) is 3.42. The molecule has 0 spiro atoms. The van der Waals surface area contributed by atoms with Crippen LogP contribution in [0.2, 0.25) is 0 Å². The first-order valence-electron chi connectivity index (χ1n) is 8.42. The minimum absolute atomic E-state index is 0.0722. The number of carbonyl (C=O) groups is 2. The van der Waals surface area contributed by atoms with Crippen LogP contribution in [0.15, 0.2) is 64.3 Å². The second kappa shape index (κ2) is 7.55. The summed E-state index contributed by atoms with van der Waals surface area (Å²) in [7, 11) is 1.21. The van der Waals surface area contributed by atoms with Crippen LogP contribution in [0.25, 0.3) is 0 Å². The zero-order valence-electron chi connectivity index (χ0n) is 15.0. The molecule has 0 aliphatic carbocycles. The third-order valence-corrected chi connectivity index (χ3v) is 4.97. The van der Waals surface area contributed by atoms with Gasteiger partial charge in [0.05, 0.1) is 12.7 Å². The van der Waals surface area contributed by atoms with E-state index in [4.69, 9.17) is 4.74 Å². The molecule has 0 saturated heterocycles. The van der Waals surface area contributed by atoms with Crippen molar-refractivity contribution in [3.8, 4) is 0 Å². The molecule has 10 heteroatoms. The molecule has 3 aromatic rings. The van der Waals surface area contributed by atoms with Crippen molar-refractivity contribution >= 4 is 33.6 Å². The molecule has 0 saturated carbocycles. The number of ketones is 1. The number of fused-ring (bicyclic) bond motifs is 1. The fourth-order valence-electron chi connectivity index (χ4n) is 3.10. The van der Waals surface area contributed by atoms with Gasteiger partial charge in [0.2, 0.25) is 5.95 Å². The first-order valence-corrected chi connectivity index (χ1v) is 9.22. The van der Waals surface area contributed by atoms with Gasteiger partial charge >= 0.3 is 5.97 Å². The molecule has 2 aromatic carbocycles. The summed E-state index contributed by atoms with van der Waals surface area (Å²) in [6, 6.07) is 11.4. The van der Waals surface area contributed by atoms with Crippen molar-refractivity contribution < 1.29 is 18.7 Å². The Bertz CT molecular complexity index is 1130. The van der Waals surface area contributed by atoms with Crippen LogP contribution in [0.3, 0.4) is 0 Å². The highest BCUT2D eigenvalue weighted by atomic mass is 79.9. The SMILES string of the molecule is COC(=O)C1=C(C(=O)c2ccc(Br)cc2)[C@@H](c2ccc(F)cc2)n2nnnc2N1. The number of tetrazole rings is 1. The first-order chi connectivity index (χ1) is 14.0. The summed E-state index contributed by atoms with van der Waals surface area (Å²) in [5, 5.41) is 14.2.